The van der Waals surface area contributed by atoms with Crippen molar-refractivity contribution < 1.29 is 4.74 Å². The molecule has 0 spiro atoms. The number of nitrogens with zero attached hydrogens (tertiary/aromatic N) is 2. The van der Waals surface area contributed by atoms with Crippen molar-refractivity contribution in [3.05, 3.63) is 22.8 Å². The Bertz CT molecular complexity index is 358. The first-order valence-corrected chi connectivity index (χ1v) is 5.84. The number of rotatable bonds is 2. The van der Waals surface area contributed by atoms with Crippen molar-refractivity contribution in [2.45, 2.75) is 18.9 Å². The topological polar surface area (TPSA) is 25.4 Å². The smallest absolute Gasteiger partial charge is 0.142 e. The van der Waals surface area contributed by atoms with Gasteiger partial charge in [-0.25, -0.2) is 4.98 Å². The van der Waals surface area contributed by atoms with E-state index in [1.807, 2.05) is 18.3 Å². The monoisotopic (exact) mass is 270 g/mol. The summed E-state index contributed by atoms with van der Waals surface area (Å²) in [5.74, 6) is 1.01. The predicted molar refractivity (Wildman–Crippen MR) is 64.2 cm³/mol. The van der Waals surface area contributed by atoms with Crippen molar-refractivity contribution in [2.24, 2.45) is 0 Å². The molecule has 1 atom stereocenters. The molecule has 82 valence electrons. The van der Waals surface area contributed by atoms with Crippen LogP contribution < -0.4 is 4.90 Å². The van der Waals surface area contributed by atoms with E-state index in [0.717, 1.165) is 29.8 Å². The van der Waals surface area contributed by atoms with Crippen molar-refractivity contribution in [3.8, 4) is 0 Å². The summed E-state index contributed by atoms with van der Waals surface area (Å²) >= 11 is 3.52. The average Bonchev–Trinajstić information content (AvgIpc) is 2.63. The number of anilines is 1. The van der Waals surface area contributed by atoms with Crippen LogP contribution in [-0.2, 0) is 4.74 Å². The summed E-state index contributed by atoms with van der Waals surface area (Å²) in [6, 6.07) is 3.95. The number of halogens is 1. The van der Waals surface area contributed by atoms with Gasteiger partial charge in [0.2, 0.25) is 0 Å². The lowest BCUT2D eigenvalue weighted by atomic mass is 10.1. The highest BCUT2D eigenvalue weighted by atomic mass is 79.9. The number of hydrogen-bond acceptors (Lipinski definition) is 3. The molecule has 0 N–H and O–H groups in total. The van der Waals surface area contributed by atoms with Crippen molar-refractivity contribution in [1.29, 1.82) is 0 Å². The Morgan fingerprint density at radius 3 is 3.00 bits per heavy atom. The molecule has 1 fully saturated rings. The fraction of sp³-hybridized carbons (Fsp3) is 0.545. The highest BCUT2D eigenvalue weighted by Gasteiger charge is 2.34. The zero-order valence-corrected chi connectivity index (χ0v) is 10.6. The molecule has 1 unspecified atom stereocenters. The van der Waals surface area contributed by atoms with Gasteiger partial charge in [0.25, 0.3) is 0 Å². The Morgan fingerprint density at radius 1 is 1.60 bits per heavy atom. The summed E-state index contributed by atoms with van der Waals surface area (Å²) in [5.41, 5.74) is -0.0308. The van der Waals surface area contributed by atoms with E-state index in [1.54, 1.807) is 7.11 Å². The summed E-state index contributed by atoms with van der Waals surface area (Å²) in [5, 5.41) is 0. The van der Waals surface area contributed by atoms with Crippen LogP contribution in [0.1, 0.15) is 13.3 Å². The van der Waals surface area contributed by atoms with E-state index in [4.69, 9.17) is 4.74 Å². The number of hydrogen-bond donors (Lipinski definition) is 0. The van der Waals surface area contributed by atoms with Gasteiger partial charge < -0.3 is 9.64 Å². The Kier molecular flexibility index (Phi) is 2.98. The molecule has 4 heteroatoms. The number of aromatic nitrogens is 1. The second-order valence-electron chi connectivity index (χ2n) is 4.13. The fourth-order valence-electron chi connectivity index (χ4n) is 1.89. The molecule has 15 heavy (non-hydrogen) atoms. The maximum atomic E-state index is 5.51. The van der Waals surface area contributed by atoms with E-state index >= 15 is 0 Å². The van der Waals surface area contributed by atoms with Crippen LogP contribution >= 0.6 is 15.9 Å². The summed E-state index contributed by atoms with van der Waals surface area (Å²) in [4.78, 5) is 6.64. The first-order valence-electron chi connectivity index (χ1n) is 5.05. The molecule has 1 aliphatic rings. The van der Waals surface area contributed by atoms with Gasteiger partial charge in [-0.05, 0) is 41.4 Å². The van der Waals surface area contributed by atoms with E-state index in [9.17, 15) is 0 Å². The van der Waals surface area contributed by atoms with Gasteiger partial charge >= 0.3 is 0 Å². The Labute approximate surface area is 98.6 Å². The maximum Gasteiger partial charge on any atom is 0.142 e. The van der Waals surface area contributed by atoms with Crippen LogP contribution in [0.25, 0.3) is 0 Å². The maximum absolute atomic E-state index is 5.51. The van der Waals surface area contributed by atoms with Crippen LogP contribution in [-0.4, -0.2) is 30.8 Å². The predicted octanol–water partition coefficient (Wildman–Crippen LogP) is 2.46. The number of ether oxygens (including phenoxy) is 1. The molecule has 0 aromatic carbocycles. The van der Waals surface area contributed by atoms with Crippen LogP contribution in [0.15, 0.2) is 22.8 Å². The molecule has 0 radical (unpaired) electrons. The zero-order chi connectivity index (χ0) is 10.9. The van der Waals surface area contributed by atoms with Gasteiger partial charge in [0.05, 0.1) is 10.1 Å². The molecule has 3 nitrogen and oxygen atoms in total. The van der Waals surface area contributed by atoms with Crippen LogP contribution in [0.2, 0.25) is 0 Å². The van der Waals surface area contributed by atoms with Crippen LogP contribution in [0.3, 0.4) is 0 Å². The molecule has 2 heterocycles. The lowest BCUT2D eigenvalue weighted by molar-refractivity contribution is 0.0256. The van der Waals surface area contributed by atoms with Crippen LogP contribution in [0, 0.1) is 0 Å². The highest BCUT2D eigenvalue weighted by molar-refractivity contribution is 9.10. The lowest BCUT2D eigenvalue weighted by Gasteiger charge is -2.23. The van der Waals surface area contributed by atoms with Crippen molar-refractivity contribution in [1.82, 2.24) is 4.98 Å². The summed E-state index contributed by atoms with van der Waals surface area (Å²) in [6.07, 6.45) is 2.87. The lowest BCUT2D eigenvalue weighted by Crippen LogP contribution is -2.32. The standard InChI is InChI=1S/C11H15BrN2O/c1-11(15-2)5-7-14(8-11)10-9(12)4-3-6-13-10/h3-4,6H,5,7-8H2,1-2H3. The van der Waals surface area contributed by atoms with Gasteiger partial charge in [-0.1, -0.05) is 0 Å². The molecule has 0 amide bonds. The minimum atomic E-state index is -0.0308. The van der Waals surface area contributed by atoms with Gasteiger partial charge in [0, 0.05) is 26.4 Å². The second-order valence-corrected chi connectivity index (χ2v) is 4.99. The van der Waals surface area contributed by atoms with E-state index in [0.29, 0.717) is 0 Å². The van der Waals surface area contributed by atoms with Gasteiger partial charge in [0.15, 0.2) is 0 Å². The highest BCUT2D eigenvalue weighted by Crippen LogP contribution is 2.31. The quantitative estimate of drug-likeness (QED) is 0.826. The van der Waals surface area contributed by atoms with Gasteiger partial charge in [-0.2, -0.15) is 0 Å². The molecule has 0 saturated carbocycles. The molecular weight excluding hydrogens is 256 g/mol. The fourth-order valence-corrected chi connectivity index (χ4v) is 2.40. The molecule has 1 aliphatic heterocycles. The normalized spacial score (nSPS) is 25.9. The molecule has 1 saturated heterocycles. The first kappa shape index (κ1) is 10.9. The summed E-state index contributed by atoms with van der Waals surface area (Å²) < 4.78 is 6.55. The van der Waals surface area contributed by atoms with Crippen molar-refractivity contribution in [3.63, 3.8) is 0 Å². The van der Waals surface area contributed by atoms with Gasteiger partial charge in [0.1, 0.15) is 5.82 Å². The molecular formula is C11H15BrN2O. The van der Waals surface area contributed by atoms with E-state index in [-0.39, 0.29) is 5.60 Å². The Hall–Kier alpha value is -0.610. The minimum absolute atomic E-state index is 0.0308. The second kappa shape index (κ2) is 4.10. The van der Waals surface area contributed by atoms with Gasteiger partial charge in [-0.15, -0.1) is 0 Å². The van der Waals surface area contributed by atoms with E-state index in [2.05, 4.69) is 32.7 Å². The molecule has 2 rings (SSSR count). The molecule has 1 aromatic heterocycles. The Balaban J connectivity index is 2.18. The third-order valence-corrected chi connectivity index (χ3v) is 3.59. The molecule has 1 aromatic rings. The summed E-state index contributed by atoms with van der Waals surface area (Å²) in [7, 11) is 1.77. The van der Waals surface area contributed by atoms with E-state index in [1.165, 1.54) is 0 Å². The first-order chi connectivity index (χ1) is 7.14. The largest absolute Gasteiger partial charge is 0.377 e. The third kappa shape index (κ3) is 2.16. The third-order valence-electron chi connectivity index (χ3n) is 2.97. The van der Waals surface area contributed by atoms with Gasteiger partial charge in [-0.3, -0.25) is 0 Å². The average molecular weight is 271 g/mol. The number of pyridine rings is 1. The molecule has 0 aliphatic carbocycles. The SMILES string of the molecule is COC1(C)CCN(c2ncccc2Br)C1. The van der Waals surface area contributed by atoms with E-state index < -0.39 is 0 Å². The van der Waals surface area contributed by atoms with Crippen LogP contribution in [0.5, 0.6) is 0 Å². The van der Waals surface area contributed by atoms with Crippen molar-refractivity contribution >= 4 is 21.7 Å². The van der Waals surface area contributed by atoms with Crippen LogP contribution in [0.4, 0.5) is 5.82 Å². The summed E-state index contributed by atoms with van der Waals surface area (Å²) in [6.45, 7) is 4.04. The zero-order valence-electron chi connectivity index (χ0n) is 9.03. The Morgan fingerprint density at radius 2 is 2.40 bits per heavy atom. The van der Waals surface area contributed by atoms with Crippen molar-refractivity contribution in [2.75, 3.05) is 25.1 Å². The number of methoxy groups -OCH3 is 1. The minimum Gasteiger partial charge on any atom is -0.377 e. The molecule has 0 bridgehead atoms.